The number of benzene rings is 2. The maximum Gasteiger partial charge on any atom is 0.251 e. The minimum atomic E-state index is -0.928. The average Bonchev–Trinajstić information content (AvgIpc) is 2.95. The number of hydrogen-bond donors (Lipinski definition) is 1. The second-order valence-electron chi connectivity index (χ2n) is 7.09. The molecule has 1 amide bonds. The van der Waals surface area contributed by atoms with Gasteiger partial charge in [0.2, 0.25) is 0 Å². The van der Waals surface area contributed by atoms with Gasteiger partial charge >= 0.3 is 0 Å². The number of hydrogen-bond acceptors (Lipinski definition) is 1. The van der Waals surface area contributed by atoms with Gasteiger partial charge in [-0.3, -0.25) is 4.79 Å². The largest absolute Gasteiger partial charge is 0.366 e. The molecule has 1 heterocycles. The minimum Gasteiger partial charge on any atom is -0.366 e. The number of rotatable bonds is 7. The highest BCUT2D eigenvalue weighted by Gasteiger charge is 2.25. The van der Waals surface area contributed by atoms with Crippen molar-refractivity contribution in [2.45, 2.75) is 39.7 Å². The van der Waals surface area contributed by atoms with E-state index in [-0.39, 0.29) is 6.54 Å². The van der Waals surface area contributed by atoms with E-state index in [4.69, 9.17) is 5.73 Å². The van der Waals surface area contributed by atoms with Gasteiger partial charge in [-0.25, -0.2) is 13.2 Å². The molecule has 3 rings (SSSR count). The fourth-order valence-electron chi connectivity index (χ4n) is 3.69. The number of primary amides is 1. The number of unbranched alkanes of at least 4 members (excludes halogenated alkanes) is 1. The van der Waals surface area contributed by atoms with Crippen LogP contribution in [-0.4, -0.2) is 10.5 Å². The number of halogens is 3. The summed E-state index contributed by atoms with van der Waals surface area (Å²) in [5.41, 5.74) is 9.18. The Kier molecular flexibility index (Phi) is 6.11. The molecule has 3 aromatic rings. The maximum absolute atomic E-state index is 13.9. The fourth-order valence-corrected chi connectivity index (χ4v) is 3.69. The molecule has 0 atom stereocenters. The van der Waals surface area contributed by atoms with Crippen LogP contribution in [-0.2, 0) is 13.0 Å². The Morgan fingerprint density at radius 1 is 1.07 bits per heavy atom. The van der Waals surface area contributed by atoms with Crippen molar-refractivity contribution in [3.8, 4) is 11.1 Å². The van der Waals surface area contributed by atoms with Gasteiger partial charge in [-0.05, 0) is 55.2 Å². The van der Waals surface area contributed by atoms with Crippen LogP contribution in [0.3, 0.4) is 0 Å². The predicted molar refractivity (Wildman–Crippen MR) is 107 cm³/mol. The smallest absolute Gasteiger partial charge is 0.251 e. The number of carbonyl (C=O) groups excluding carboxylic acids is 1. The van der Waals surface area contributed by atoms with E-state index in [0.717, 1.165) is 30.7 Å². The summed E-state index contributed by atoms with van der Waals surface area (Å²) in [6.07, 6.45) is 2.41. The SMILES string of the molecule is CCCCc1c(-c2cccc(F)c2)c(C(N)=O)c(C)n1Cc1ccc(F)c(F)c1. The molecule has 152 valence electrons. The van der Waals surface area contributed by atoms with Crippen LogP contribution in [0.25, 0.3) is 11.1 Å². The van der Waals surface area contributed by atoms with E-state index in [0.29, 0.717) is 34.4 Å². The monoisotopic (exact) mass is 400 g/mol. The number of nitrogens with two attached hydrogens (primary N) is 1. The molecule has 1 aromatic heterocycles. The van der Waals surface area contributed by atoms with Crippen LogP contribution >= 0.6 is 0 Å². The zero-order valence-corrected chi connectivity index (χ0v) is 16.4. The number of aromatic nitrogens is 1. The second kappa shape index (κ2) is 8.55. The Labute approximate surface area is 168 Å². The van der Waals surface area contributed by atoms with Crippen molar-refractivity contribution < 1.29 is 18.0 Å². The Balaban J connectivity index is 2.22. The van der Waals surface area contributed by atoms with Crippen LogP contribution in [0.5, 0.6) is 0 Å². The third kappa shape index (κ3) is 4.21. The van der Waals surface area contributed by atoms with E-state index in [2.05, 4.69) is 0 Å². The van der Waals surface area contributed by atoms with Crippen molar-refractivity contribution in [3.63, 3.8) is 0 Å². The summed E-state index contributed by atoms with van der Waals surface area (Å²) in [6, 6.07) is 9.76. The van der Waals surface area contributed by atoms with Crippen LogP contribution < -0.4 is 5.73 Å². The molecular formula is C23H23F3N2O. The third-order valence-corrected chi connectivity index (χ3v) is 5.08. The van der Waals surface area contributed by atoms with E-state index in [1.54, 1.807) is 19.1 Å². The van der Waals surface area contributed by atoms with Gasteiger partial charge in [0, 0.05) is 23.5 Å². The number of amides is 1. The molecule has 0 radical (unpaired) electrons. The summed E-state index contributed by atoms with van der Waals surface area (Å²) >= 11 is 0. The summed E-state index contributed by atoms with van der Waals surface area (Å²) in [7, 11) is 0. The first-order chi connectivity index (χ1) is 13.8. The van der Waals surface area contributed by atoms with Crippen molar-refractivity contribution in [1.82, 2.24) is 4.57 Å². The van der Waals surface area contributed by atoms with Gasteiger partial charge in [-0.2, -0.15) is 0 Å². The van der Waals surface area contributed by atoms with Crippen LogP contribution in [0.15, 0.2) is 42.5 Å². The topological polar surface area (TPSA) is 48.0 Å². The van der Waals surface area contributed by atoms with Gasteiger partial charge in [0.1, 0.15) is 5.82 Å². The van der Waals surface area contributed by atoms with E-state index >= 15 is 0 Å². The summed E-state index contributed by atoms with van der Waals surface area (Å²) in [5.74, 6) is -2.86. The molecule has 0 fully saturated rings. The van der Waals surface area contributed by atoms with Crippen LogP contribution in [0.4, 0.5) is 13.2 Å². The van der Waals surface area contributed by atoms with Gasteiger partial charge < -0.3 is 10.3 Å². The summed E-state index contributed by atoms with van der Waals surface area (Å²) in [4.78, 5) is 12.3. The molecule has 29 heavy (non-hydrogen) atoms. The molecule has 2 aromatic carbocycles. The maximum atomic E-state index is 13.9. The summed E-state index contributed by atoms with van der Waals surface area (Å²) < 4.78 is 42.8. The van der Waals surface area contributed by atoms with E-state index in [1.807, 2.05) is 11.5 Å². The highest BCUT2D eigenvalue weighted by Crippen LogP contribution is 2.34. The molecular weight excluding hydrogens is 377 g/mol. The van der Waals surface area contributed by atoms with Gasteiger partial charge in [-0.1, -0.05) is 31.5 Å². The number of carbonyl (C=O) groups is 1. The Hall–Kier alpha value is -3.02. The number of nitrogens with zero attached hydrogens (tertiary/aromatic N) is 1. The molecule has 6 heteroatoms. The normalized spacial score (nSPS) is 11.1. The molecule has 0 saturated heterocycles. The molecule has 2 N–H and O–H groups in total. The molecule has 0 saturated carbocycles. The first-order valence-corrected chi connectivity index (χ1v) is 9.55. The molecule has 0 unspecified atom stereocenters. The van der Waals surface area contributed by atoms with Gasteiger partial charge in [-0.15, -0.1) is 0 Å². The lowest BCUT2D eigenvalue weighted by molar-refractivity contribution is 0.1000. The van der Waals surface area contributed by atoms with Crippen molar-refractivity contribution in [3.05, 3.63) is 82.4 Å². The lowest BCUT2D eigenvalue weighted by atomic mass is 9.97. The third-order valence-electron chi connectivity index (χ3n) is 5.08. The van der Waals surface area contributed by atoms with Gasteiger partial charge in [0.25, 0.3) is 5.91 Å². The molecule has 0 bridgehead atoms. The van der Waals surface area contributed by atoms with Crippen LogP contribution in [0.1, 0.15) is 47.1 Å². The van der Waals surface area contributed by atoms with Crippen LogP contribution in [0.2, 0.25) is 0 Å². The first kappa shape index (κ1) is 20.7. The van der Waals surface area contributed by atoms with E-state index < -0.39 is 23.4 Å². The van der Waals surface area contributed by atoms with Crippen molar-refractivity contribution in [1.29, 1.82) is 0 Å². The van der Waals surface area contributed by atoms with Gasteiger partial charge in [0.05, 0.1) is 5.56 Å². The zero-order valence-electron chi connectivity index (χ0n) is 16.4. The Morgan fingerprint density at radius 3 is 2.45 bits per heavy atom. The lowest BCUT2D eigenvalue weighted by Gasteiger charge is -2.14. The van der Waals surface area contributed by atoms with E-state index in [1.165, 1.54) is 18.2 Å². The first-order valence-electron chi connectivity index (χ1n) is 9.55. The fraction of sp³-hybridized carbons (Fsp3) is 0.261. The zero-order chi connectivity index (χ0) is 21.1. The van der Waals surface area contributed by atoms with Gasteiger partial charge in [0.15, 0.2) is 11.6 Å². The average molecular weight is 400 g/mol. The quantitative estimate of drug-likeness (QED) is 0.569. The van der Waals surface area contributed by atoms with Crippen LogP contribution in [0, 0.1) is 24.4 Å². The van der Waals surface area contributed by atoms with Crippen molar-refractivity contribution in [2.75, 3.05) is 0 Å². The Bertz CT molecular complexity index is 1060. The highest BCUT2D eigenvalue weighted by atomic mass is 19.2. The minimum absolute atomic E-state index is 0.248. The van der Waals surface area contributed by atoms with Crippen molar-refractivity contribution in [2.24, 2.45) is 5.73 Å². The Morgan fingerprint density at radius 2 is 1.83 bits per heavy atom. The van der Waals surface area contributed by atoms with Crippen molar-refractivity contribution >= 4 is 5.91 Å². The summed E-state index contributed by atoms with van der Waals surface area (Å²) in [6.45, 7) is 4.06. The standard InChI is InChI=1S/C23H23F3N2O/c1-3-4-8-20-22(16-6-5-7-17(24)12-16)21(23(27)29)14(2)28(20)13-15-9-10-18(25)19(26)11-15/h5-7,9-12H,3-4,8,13H2,1-2H3,(H2,27,29). The molecule has 0 aliphatic heterocycles. The second-order valence-corrected chi connectivity index (χ2v) is 7.09. The lowest BCUT2D eigenvalue weighted by Crippen LogP contribution is -2.13. The highest BCUT2D eigenvalue weighted by molar-refractivity contribution is 6.02. The molecule has 0 spiro atoms. The van der Waals surface area contributed by atoms with E-state index in [9.17, 15) is 18.0 Å². The predicted octanol–water partition coefficient (Wildman–Crippen LogP) is 5.37. The summed E-state index contributed by atoms with van der Waals surface area (Å²) in [5, 5.41) is 0. The molecule has 0 aliphatic carbocycles. The molecule has 0 aliphatic rings. The molecule has 3 nitrogen and oxygen atoms in total.